The summed E-state index contributed by atoms with van der Waals surface area (Å²) in [5.41, 5.74) is 5.24. The summed E-state index contributed by atoms with van der Waals surface area (Å²) in [6, 6.07) is 17.0. The van der Waals surface area contributed by atoms with Gasteiger partial charge in [-0.25, -0.2) is 0 Å². The number of nitrogens with zero attached hydrogens (tertiary/aromatic N) is 1. The van der Waals surface area contributed by atoms with E-state index in [1.54, 1.807) is 0 Å². The van der Waals surface area contributed by atoms with Crippen molar-refractivity contribution in [2.75, 3.05) is 0 Å². The number of aryl methyl sites for hydroxylation is 1. The van der Waals surface area contributed by atoms with E-state index in [-0.39, 0.29) is 0 Å². The second-order valence-electron chi connectivity index (χ2n) is 8.07. The Balaban J connectivity index is 1.62. The predicted octanol–water partition coefficient (Wildman–Crippen LogP) is 6.98. The molecule has 1 fully saturated rings. The molecule has 0 heterocycles. The average molecular weight is 370 g/mol. The topological polar surface area (TPSA) is 23.8 Å². The van der Waals surface area contributed by atoms with Gasteiger partial charge in [0.25, 0.3) is 0 Å². The number of hydrogen-bond acceptors (Lipinski definition) is 1. The fourth-order valence-electron chi connectivity index (χ4n) is 4.33. The van der Waals surface area contributed by atoms with Crippen LogP contribution in [0, 0.1) is 29.1 Å². The molecule has 0 N–H and O–H groups in total. The summed E-state index contributed by atoms with van der Waals surface area (Å²) >= 11 is 0. The molecule has 0 radical (unpaired) electrons. The van der Waals surface area contributed by atoms with E-state index >= 15 is 0 Å². The molecular weight excluding hydrogens is 338 g/mol. The van der Waals surface area contributed by atoms with Crippen molar-refractivity contribution < 1.29 is 0 Å². The molecule has 0 unspecified atom stereocenters. The zero-order valence-corrected chi connectivity index (χ0v) is 17.3. The van der Waals surface area contributed by atoms with E-state index in [9.17, 15) is 5.26 Å². The lowest BCUT2D eigenvalue weighted by molar-refractivity contribution is 0.304. The summed E-state index contributed by atoms with van der Waals surface area (Å²) in [6.45, 7) is 4.36. The largest absolute Gasteiger partial charge is 0.192 e. The highest BCUT2D eigenvalue weighted by molar-refractivity contribution is 5.49. The van der Waals surface area contributed by atoms with Crippen molar-refractivity contribution in [3.05, 3.63) is 70.3 Å². The lowest BCUT2D eigenvalue weighted by atomic mass is 9.77. The summed E-state index contributed by atoms with van der Waals surface area (Å²) < 4.78 is 0. The average Bonchev–Trinajstić information content (AvgIpc) is 2.76. The second-order valence-corrected chi connectivity index (χ2v) is 8.07. The molecule has 0 aromatic heterocycles. The van der Waals surface area contributed by atoms with Gasteiger partial charge in [-0.05, 0) is 79.3 Å². The molecule has 0 aliphatic heterocycles. The van der Waals surface area contributed by atoms with E-state index in [0.29, 0.717) is 0 Å². The summed E-state index contributed by atoms with van der Waals surface area (Å²) in [5.74, 6) is 8.14. The molecular formula is C27H31N. The van der Waals surface area contributed by atoms with Crippen LogP contribution in [0.15, 0.2) is 42.5 Å². The Labute approximate surface area is 170 Å². The van der Waals surface area contributed by atoms with Crippen molar-refractivity contribution in [2.24, 2.45) is 5.92 Å². The first-order chi connectivity index (χ1) is 13.7. The molecule has 2 aromatic rings. The van der Waals surface area contributed by atoms with Crippen LogP contribution in [0.3, 0.4) is 0 Å². The quantitative estimate of drug-likeness (QED) is 0.521. The maximum atomic E-state index is 9.27. The van der Waals surface area contributed by atoms with Gasteiger partial charge in [0, 0.05) is 11.1 Å². The maximum absolute atomic E-state index is 9.27. The van der Waals surface area contributed by atoms with Crippen LogP contribution in [0.5, 0.6) is 0 Å². The van der Waals surface area contributed by atoms with E-state index in [4.69, 9.17) is 0 Å². The van der Waals surface area contributed by atoms with Crippen molar-refractivity contribution in [3.63, 3.8) is 0 Å². The third-order valence-corrected chi connectivity index (χ3v) is 6.16. The lowest BCUT2D eigenvalue weighted by Gasteiger charge is -2.28. The zero-order chi connectivity index (χ0) is 19.8. The van der Waals surface area contributed by atoms with Crippen molar-refractivity contribution >= 4 is 0 Å². The Kier molecular flexibility index (Phi) is 7.33. The first kappa shape index (κ1) is 20.2. The van der Waals surface area contributed by atoms with Crippen molar-refractivity contribution in [1.82, 2.24) is 0 Å². The van der Waals surface area contributed by atoms with Crippen molar-refractivity contribution in [2.45, 2.75) is 71.1 Å². The highest BCUT2D eigenvalue weighted by Crippen LogP contribution is 2.37. The molecule has 3 rings (SSSR count). The van der Waals surface area contributed by atoms with Crippen LogP contribution >= 0.6 is 0 Å². The van der Waals surface area contributed by atoms with Crippen LogP contribution in [-0.2, 0) is 6.42 Å². The third-order valence-electron chi connectivity index (χ3n) is 6.16. The second kappa shape index (κ2) is 10.1. The zero-order valence-electron chi connectivity index (χ0n) is 17.3. The molecule has 1 aliphatic carbocycles. The van der Waals surface area contributed by atoms with Gasteiger partial charge in [0.2, 0.25) is 0 Å². The Morgan fingerprint density at radius 3 is 2.21 bits per heavy atom. The predicted molar refractivity (Wildman–Crippen MR) is 117 cm³/mol. The van der Waals surface area contributed by atoms with E-state index in [2.05, 4.69) is 56.0 Å². The minimum Gasteiger partial charge on any atom is -0.192 e. The van der Waals surface area contributed by atoms with Gasteiger partial charge in [-0.3, -0.25) is 0 Å². The molecule has 0 bridgehead atoms. The van der Waals surface area contributed by atoms with E-state index in [0.717, 1.165) is 40.5 Å². The third kappa shape index (κ3) is 5.27. The Bertz CT molecular complexity index is 865. The van der Waals surface area contributed by atoms with Crippen molar-refractivity contribution in [1.29, 1.82) is 5.26 Å². The van der Waals surface area contributed by atoms with Crippen LogP contribution in [0.1, 0.15) is 92.5 Å². The number of nitriles is 1. The highest BCUT2D eigenvalue weighted by Gasteiger charge is 2.21. The Hall–Kier alpha value is -2.51. The van der Waals surface area contributed by atoms with Gasteiger partial charge < -0.3 is 0 Å². The Morgan fingerprint density at radius 1 is 0.893 bits per heavy atom. The van der Waals surface area contributed by atoms with Crippen LogP contribution < -0.4 is 0 Å². The van der Waals surface area contributed by atoms with Gasteiger partial charge >= 0.3 is 0 Å². The number of unbranched alkanes of at least 4 members (excludes halogenated alkanes) is 1. The molecule has 0 atom stereocenters. The molecule has 1 nitrogen and oxygen atoms in total. The molecule has 1 heteroatoms. The van der Waals surface area contributed by atoms with Crippen LogP contribution in [0.4, 0.5) is 0 Å². The standard InChI is InChI=1S/C27H31N/c1-3-5-6-21-9-15-25(16-10-21)26-17-11-22(12-18-26)7-8-23-13-14-24(4-2)27(19-23)20-28/h11-14,17-19,21,25H,3-6,9-10,15-16H2,1-2H3. The first-order valence-electron chi connectivity index (χ1n) is 10.9. The van der Waals surface area contributed by atoms with E-state index in [1.165, 1.54) is 50.5 Å². The van der Waals surface area contributed by atoms with Crippen LogP contribution in [-0.4, -0.2) is 0 Å². The van der Waals surface area contributed by atoms with Crippen LogP contribution in [0.2, 0.25) is 0 Å². The van der Waals surface area contributed by atoms with Crippen molar-refractivity contribution in [3.8, 4) is 17.9 Å². The van der Waals surface area contributed by atoms with Gasteiger partial charge in [-0.15, -0.1) is 0 Å². The fraction of sp³-hybridized carbons (Fsp3) is 0.444. The molecule has 28 heavy (non-hydrogen) atoms. The van der Waals surface area contributed by atoms with E-state index in [1.807, 2.05) is 18.2 Å². The summed E-state index contributed by atoms with van der Waals surface area (Å²) in [6.07, 6.45) is 10.5. The van der Waals surface area contributed by atoms with Gasteiger partial charge in [0.15, 0.2) is 0 Å². The van der Waals surface area contributed by atoms with Gasteiger partial charge in [-0.2, -0.15) is 5.26 Å². The molecule has 1 saturated carbocycles. The molecule has 2 aromatic carbocycles. The summed E-state index contributed by atoms with van der Waals surface area (Å²) in [5, 5.41) is 9.27. The minimum atomic E-state index is 0.722. The SMILES string of the molecule is CCCCC1CCC(c2ccc(C#Cc3ccc(CC)c(C#N)c3)cc2)CC1. The lowest BCUT2D eigenvalue weighted by Crippen LogP contribution is -2.13. The number of hydrogen-bond donors (Lipinski definition) is 0. The maximum Gasteiger partial charge on any atom is 0.0994 e. The molecule has 1 aliphatic rings. The molecule has 0 amide bonds. The molecule has 144 valence electrons. The monoisotopic (exact) mass is 369 g/mol. The Morgan fingerprint density at radius 2 is 1.57 bits per heavy atom. The number of rotatable bonds is 5. The minimum absolute atomic E-state index is 0.722. The number of benzene rings is 2. The molecule has 0 saturated heterocycles. The van der Waals surface area contributed by atoms with Gasteiger partial charge in [0.05, 0.1) is 11.6 Å². The van der Waals surface area contributed by atoms with Gasteiger partial charge in [0.1, 0.15) is 0 Å². The van der Waals surface area contributed by atoms with Gasteiger partial charge in [-0.1, -0.05) is 63.1 Å². The summed E-state index contributed by atoms with van der Waals surface area (Å²) in [7, 11) is 0. The normalized spacial score (nSPS) is 18.8. The molecule has 0 spiro atoms. The van der Waals surface area contributed by atoms with E-state index < -0.39 is 0 Å². The van der Waals surface area contributed by atoms with Crippen LogP contribution in [0.25, 0.3) is 0 Å². The fourth-order valence-corrected chi connectivity index (χ4v) is 4.33. The highest BCUT2D eigenvalue weighted by atomic mass is 14.3. The summed E-state index contributed by atoms with van der Waals surface area (Å²) in [4.78, 5) is 0. The first-order valence-corrected chi connectivity index (χ1v) is 10.9. The smallest absolute Gasteiger partial charge is 0.0994 e.